The number of hydrogen-bond acceptors (Lipinski definition) is 7. The number of thiazole rings is 1. The van der Waals surface area contributed by atoms with Crippen LogP contribution in [0.1, 0.15) is 20.8 Å². The molecule has 0 aliphatic heterocycles. The molecule has 0 spiro atoms. The van der Waals surface area contributed by atoms with Crippen molar-refractivity contribution in [1.29, 1.82) is 0 Å². The second-order valence-corrected chi connectivity index (χ2v) is 8.36. The second-order valence-electron chi connectivity index (χ2n) is 7.28. The van der Waals surface area contributed by atoms with Gasteiger partial charge in [0.05, 0.1) is 24.8 Å². The number of carbonyl (C=O) groups excluding carboxylic acids is 1. The van der Waals surface area contributed by atoms with Gasteiger partial charge in [-0.05, 0) is 23.8 Å². The molecule has 0 fully saturated rings. The summed E-state index contributed by atoms with van der Waals surface area (Å²) in [5.74, 6) is 0.666. The van der Waals surface area contributed by atoms with E-state index in [2.05, 4.69) is 10.3 Å². The number of rotatable bonds is 8. The Kier molecular flexibility index (Phi) is 6.84. The van der Waals surface area contributed by atoms with Crippen molar-refractivity contribution < 1.29 is 19.2 Å². The number of aromatic nitrogens is 1. The summed E-state index contributed by atoms with van der Waals surface area (Å²) in [5, 5.41) is 14.3. The molecule has 1 heterocycles. The summed E-state index contributed by atoms with van der Waals surface area (Å²) in [6.07, 6.45) is 0.520. The Bertz CT molecular complexity index is 1320. The second kappa shape index (κ2) is 10.1. The van der Waals surface area contributed by atoms with Crippen molar-refractivity contribution in [2.24, 2.45) is 0 Å². The average Bonchev–Trinajstić information content (AvgIpc) is 3.26. The van der Waals surface area contributed by atoms with Crippen molar-refractivity contribution in [3.05, 3.63) is 98.9 Å². The highest BCUT2D eigenvalue weighted by Crippen LogP contribution is 2.34. The van der Waals surface area contributed by atoms with E-state index in [1.165, 1.54) is 37.7 Å². The van der Waals surface area contributed by atoms with Crippen LogP contribution in [0.15, 0.2) is 72.8 Å². The summed E-state index contributed by atoms with van der Waals surface area (Å²) < 4.78 is 10.5. The van der Waals surface area contributed by atoms with Crippen molar-refractivity contribution >= 4 is 28.1 Å². The van der Waals surface area contributed by atoms with E-state index in [1.807, 2.05) is 30.3 Å². The molecule has 0 atom stereocenters. The van der Waals surface area contributed by atoms with E-state index in [-0.39, 0.29) is 11.6 Å². The quantitative estimate of drug-likeness (QED) is 0.264. The van der Waals surface area contributed by atoms with Gasteiger partial charge in [0.25, 0.3) is 11.6 Å². The molecule has 4 rings (SSSR count). The van der Waals surface area contributed by atoms with Crippen LogP contribution < -0.4 is 14.8 Å². The van der Waals surface area contributed by atoms with Crippen LogP contribution in [0.5, 0.6) is 11.5 Å². The summed E-state index contributed by atoms with van der Waals surface area (Å²) >= 11 is 1.37. The maximum absolute atomic E-state index is 12.9. The summed E-state index contributed by atoms with van der Waals surface area (Å²) in [4.78, 5) is 29.0. The van der Waals surface area contributed by atoms with Crippen molar-refractivity contribution in [1.82, 2.24) is 4.98 Å². The standard InChI is InChI=1S/C25H21N3O5S/c1-32-20-13-10-18(15-21(20)33-2)24(29)27-25-26-23(17-6-4-3-5-7-17)22(34-25)14-16-8-11-19(12-9-16)28(30)31/h3-13,15H,14H2,1-2H3,(H,26,27,29). The van der Waals surface area contributed by atoms with Crippen LogP contribution in [0.25, 0.3) is 11.3 Å². The fourth-order valence-corrected chi connectivity index (χ4v) is 4.43. The van der Waals surface area contributed by atoms with Gasteiger partial charge in [-0.3, -0.25) is 20.2 Å². The first-order chi connectivity index (χ1) is 16.5. The molecule has 172 valence electrons. The summed E-state index contributed by atoms with van der Waals surface area (Å²) in [6, 6.07) is 21.0. The topological polar surface area (TPSA) is 104 Å². The molecule has 8 nitrogen and oxygen atoms in total. The average molecular weight is 476 g/mol. The van der Waals surface area contributed by atoms with Crippen LogP contribution >= 0.6 is 11.3 Å². The molecule has 0 radical (unpaired) electrons. The number of anilines is 1. The van der Waals surface area contributed by atoms with Gasteiger partial charge in [-0.25, -0.2) is 4.98 Å². The van der Waals surface area contributed by atoms with Crippen LogP contribution in [0.2, 0.25) is 0 Å². The van der Waals surface area contributed by atoms with Gasteiger partial charge < -0.3 is 9.47 Å². The first-order valence-corrected chi connectivity index (χ1v) is 11.1. The minimum Gasteiger partial charge on any atom is -0.493 e. The molecule has 1 N–H and O–H groups in total. The van der Waals surface area contributed by atoms with Crippen LogP contribution in [-0.4, -0.2) is 30.0 Å². The molecule has 1 aromatic heterocycles. The number of nitro groups is 1. The predicted molar refractivity (Wildman–Crippen MR) is 131 cm³/mol. The Hall–Kier alpha value is -4.24. The van der Waals surface area contributed by atoms with Gasteiger partial charge in [0, 0.05) is 34.6 Å². The lowest BCUT2D eigenvalue weighted by atomic mass is 10.1. The Balaban J connectivity index is 1.63. The zero-order chi connectivity index (χ0) is 24.1. The lowest BCUT2D eigenvalue weighted by Crippen LogP contribution is -2.11. The molecule has 0 saturated heterocycles. The van der Waals surface area contributed by atoms with E-state index >= 15 is 0 Å². The van der Waals surface area contributed by atoms with Gasteiger partial charge in [-0.2, -0.15) is 0 Å². The molecule has 0 aliphatic carbocycles. The number of ether oxygens (including phenoxy) is 2. The van der Waals surface area contributed by atoms with Gasteiger partial charge >= 0.3 is 0 Å². The van der Waals surface area contributed by atoms with E-state index in [9.17, 15) is 14.9 Å². The Morgan fingerprint density at radius 3 is 2.35 bits per heavy atom. The van der Waals surface area contributed by atoms with Crippen molar-refractivity contribution in [2.75, 3.05) is 19.5 Å². The minimum absolute atomic E-state index is 0.0409. The zero-order valence-electron chi connectivity index (χ0n) is 18.5. The Morgan fingerprint density at radius 1 is 1.00 bits per heavy atom. The smallest absolute Gasteiger partial charge is 0.269 e. The molecule has 1 amide bonds. The van der Waals surface area contributed by atoms with Crippen molar-refractivity contribution in [2.45, 2.75) is 6.42 Å². The normalized spacial score (nSPS) is 10.5. The van der Waals surface area contributed by atoms with Gasteiger partial charge in [0.2, 0.25) is 0 Å². The lowest BCUT2D eigenvalue weighted by molar-refractivity contribution is -0.384. The SMILES string of the molecule is COc1ccc(C(=O)Nc2nc(-c3ccccc3)c(Cc3ccc([N+](=O)[O-])cc3)s2)cc1OC. The molecule has 0 aliphatic rings. The first kappa shape index (κ1) is 22.9. The molecule has 4 aromatic rings. The predicted octanol–water partition coefficient (Wildman–Crippen LogP) is 5.58. The number of methoxy groups -OCH3 is 2. The van der Waals surface area contributed by atoms with Crippen molar-refractivity contribution in [3.8, 4) is 22.8 Å². The highest BCUT2D eigenvalue weighted by molar-refractivity contribution is 7.16. The third kappa shape index (κ3) is 5.05. The fraction of sp³-hybridized carbons (Fsp3) is 0.120. The van der Waals surface area contributed by atoms with Gasteiger partial charge in [-0.1, -0.05) is 42.5 Å². The first-order valence-electron chi connectivity index (χ1n) is 10.3. The summed E-state index contributed by atoms with van der Waals surface area (Å²) in [6.45, 7) is 0. The van der Waals surface area contributed by atoms with Crippen LogP contribution in [0.3, 0.4) is 0 Å². The zero-order valence-corrected chi connectivity index (χ0v) is 19.3. The molecule has 0 saturated carbocycles. The highest BCUT2D eigenvalue weighted by Gasteiger charge is 2.17. The summed E-state index contributed by atoms with van der Waals surface area (Å²) in [7, 11) is 3.04. The number of nitro benzene ring substituents is 1. The van der Waals surface area contributed by atoms with E-state index in [4.69, 9.17) is 9.47 Å². The van der Waals surface area contributed by atoms with Crippen molar-refractivity contribution in [3.63, 3.8) is 0 Å². The lowest BCUT2D eigenvalue weighted by Gasteiger charge is -2.09. The van der Waals surface area contributed by atoms with Crippen LogP contribution in [-0.2, 0) is 6.42 Å². The monoisotopic (exact) mass is 475 g/mol. The third-order valence-electron chi connectivity index (χ3n) is 5.12. The molecule has 0 unspecified atom stereocenters. The number of carbonyl (C=O) groups is 1. The molecule has 0 bridgehead atoms. The Labute approximate surface area is 200 Å². The fourth-order valence-electron chi connectivity index (χ4n) is 3.41. The van der Waals surface area contributed by atoms with E-state index in [1.54, 1.807) is 30.3 Å². The maximum atomic E-state index is 12.9. The van der Waals surface area contributed by atoms with E-state index < -0.39 is 4.92 Å². The molecule has 9 heteroatoms. The van der Waals surface area contributed by atoms with Gasteiger partial charge in [0.15, 0.2) is 16.6 Å². The molecular weight excluding hydrogens is 454 g/mol. The number of amides is 1. The third-order valence-corrected chi connectivity index (χ3v) is 6.09. The molecular formula is C25H21N3O5S. The summed E-state index contributed by atoms with van der Waals surface area (Å²) in [5.41, 5.74) is 3.03. The largest absolute Gasteiger partial charge is 0.493 e. The Morgan fingerprint density at radius 2 is 1.71 bits per heavy atom. The van der Waals surface area contributed by atoms with Gasteiger partial charge in [-0.15, -0.1) is 11.3 Å². The van der Waals surface area contributed by atoms with Gasteiger partial charge in [0.1, 0.15) is 0 Å². The highest BCUT2D eigenvalue weighted by atomic mass is 32.1. The minimum atomic E-state index is -0.423. The number of nitrogens with zero attached hydrogens (tertiary/aromatic N) is 2. The number of benzene rings is 3. The molecule has 3 aromatic carbocycles. The van der Waals surface area contributed by atoms with Crippen LogP contribution in [0, 0.1) is 10.1 Å². The molecule has 34 heavy (non-hydrogen) atoms. The van der Waals surface area contributed by atoms with Crippen LogP contribution in [0.4, 0.5) is 10.8 Å². The number of hydrogen-bond donors (Lipinski definition) is 1. The number of nitrogens with one attached hydrogen (secondary N) is 1. The van der Waals surface area contributed by atoms with E-state index in [0.717, 1.165) is 21.7 Å². The maximum Gasteiger partial charge on any atom is 0.269 e. The van der Waals surface area contributed by atoms with E-state index in [0.29, 0.717) is 28.6 Å². The number of non-ortho nitro benzene ring substituents is 1.